The summed E-state index contributed by atoms with van der Waals surface area (Å²) in [5, 5.41) is 3.28. The molecule has 0 heterocycles. The van der Waals surface area contributed by atoms with E-state index in [0.717, 1.165) is 12.5 Å². The maximum Gasteiger partial charge on any atom is -0.00202 e. The lowest BCUT2D eigenvalue weighted by Gasteiger charge is -2.25. The molecular weight excluding hydrogens is 170 g/mol. The highest BCUT2D eigenvalue weighted by Gasteiger charge is 2.18. The van der Waals surface area contributed by atoms with Crippen LogP contribution < -0.4 is 5.32 Å². The van der Waals surface area contributed by atoms with Gasteiger partial charge in [-0.3, -0.25) is 0 Å². The first-order chi connectivity index (χ1) is 6.81. The molecule has 1 aliphatic carbocycles. The van der Waals surface area contributed by atoms with Crippen LogP contribution in [0.2, 0.25) is 0 Å². The molecule has 0 spiro atoms. The van der Waals surface area contributed by atoms with Crippen molar-refractivity contribution in [1.29, 1.82) is 0 Å². The van der Waals surface area contributed by atoms with E-state index in [1.165, 1.54) is 24.8 Å². The van der Waals surface area contributed by atoms with Gasteiger partial charge in [-0.1, -0.05) is 18.2 Å². The summed E-state index contributed by atoms with van der Waals surface area (Å²) in [4.78, 5) is 0. The van der Waals surface area contributed by atoms with Crippen LogP contribution in [0.4, 0.5) is 0 Å². The SMILES string of the molecule is CNCC1CCc2c(C)cccc2C1. The molecular formula is C13H19N. The van der Waals surface area contributed by atoms with Crippen molar-refractivity contribution in [3.05, 3.63) is 34.9 Å². The van der Waals surface area contributed by atoms with Crippen molar-refractivity contribution in [3.63, 3.8) is 0 Å². The molecule has 0 bridgehead atoms. The van der Waals surface area contributed by atoms with E-state index in [9.17, 15) is 0 Å². The van der Waals surface area contributed by atoms with Gasteiger partial charge >= 0.3 is 0 Å². The number of aryl methyl sites for hydroxylation is 1. The van der Waals surface area contributed by atoms with Crippen LogP contribution in [0.15, 0.2) is 18.2 Å². The van der Waals surface area contributed by atoms with E-state index in [4.69, 9.17) is 0 Å². The monoisotopic (exact) mass is 189 g/mol. The Morgan fingerprint density at radius 1 is 1.43 bits per heavy atom. The Bertz CT molecular complexity index is 317. The summed E-state index contributed by atoms with van der Waals surface area (Å²) in [5.41, 5.74) is 4.67. The van der Waals surface area contributed by atoms with E-state index in [0.29, 0.717) is 0 Å². The first-order valence-corrected chi connectivity index (χ1v) is 5.53. The minimum atomic E-state index is 0.842. The lowest BCUT2D eigenvalue weighted by Crippen LogP contribution is -2.25. The van der Waals surface area contributed by atoms with Crippen molar-refractivity contribution in [2.24, 2.45) is 5.92 Å². The average Bonchev–Trinajstić information content (AvgIpc) is 2.18. The Kier molecular flexibility index (Phi) is 2.87. The Morgan fingerprint density at radius 2 is 2.29 bits per heavy atom. The molecule has 1 unspecified atom stereocenters. The van der Waals surface area contributed by atoms with Gasteiger partial charge in [-0.2, -0.15) is 0 Å². The fourth-order valence-electron chi connectivity index (χ4n) is 2.54. The summed E-state index contributed by atoms with van der Waals surface area (Å²) in [6.45, 7) is 3.39. The van der Waals surface area contributed by atoms with Crippen LogP contribution in [0.3, 0.4) is 0 Å². The highest BCUT2D eigenvalue weighted by Crippen LogP contribution is 2.27. The molecule has 0 saturated carbocycles. The second-order valence-corrected chi connectivity index (χ2v) is 4.38. The molecule has 1 aromatic carbocycles. The molecule has 0 radical (unpaired) electrons. The number of hydrogen-bond acceptors (Lipinski definition) is 1. The molecule has 1 heteroatoms. The molecule has 14 heavy (non-hydrogen) atoms. The molecule has 1 aromatic rings. The summed E-state index contributed by atoms with van der Waals surface area (Å²) in [6, 6.07) is 6.72. The zero-order valence-corrected chi connectivity index (χ0v) is 9.14. The van der Waals surface area contributed by atoms with E-state index in [-0.39, 0.29) is 0 Å². The molecule has 1 atom stereocenters. The van der Waals surface area contributed by atoms with Crippen molar-refractivity contribution in [3.8, 4) is 0 Å². The first-order valence-electron chi connectivity index (χ1n) is 5.53. The number of hydrogen-bond donors (Lipinski definition) is 1. The van der Waals surface area contributed by atoms with Gasteiger partial charge < -0.3 is 5.32 Å². The van der Waals surface area contributed by atoms with Crippen LogP contribution in [-0.4, -0.2) is 13.6 Å². The Labute approximate surface area is 86.5 Å². The maximum absolute atomic E-state index is 3.28. The van der Waals surface area contributed by atoms with E-state index in [1.54, 1.807) is 11.1 Å². The van der Waals surface area contributed by atoms with Crippen molar-refractivity contribution in [2.45, 2.75) is 26.2 Å². The minimum absolute atomic E-state index is 0.842. The zero-order chi connectivity index (χ0) is 9.97. The number of nitrogens with one attached hydrogen (secondary N) is 1. The predicted octanol–water partition coefficient (Wildman–Crippen LogP) is 2.32. The highest BCUT2D eigenvalue weighted by atomic mass is 14.8. The Balaban J connectivity index is 2.18. The van der Waals surface area contributed by atoms with Crippen LogP contribution in [0.5, 0.6) is 0 Å². The molecule has 0 aliphatic heterocycles. The second kappa shape index (κ2) is 4.14. The van der Waals surface area contributed by atoms with Gasteiger partial charge in [-0.25, -0.2) is 0 Å². The Hall–Kier alpha value is -0.820. The van der Waals surface area contributed by atoms with Crippen LogP contribution in [0.1, 0.15) is 23.1 Å². The lowest BCUT2D eigenvalue weighted by atomic mass is 9.82. The molecule has 2 rings (SSSR count). The average molecular weight is 189 g/mol. The van der Waals surface area contributed by atoms with Crippen LogP contribution >= 0.6 is 0 Å². The third kappa shape index (κ3) is 1.83. The summed E-state index contributed by atoms with van der Waals surface area (Å²) < 4.78 is 0. The van der Waals surface area contributed by atoms with Gasteiger partial charge in [0.25, 0.3) is 0 Å². The van der Waals surface area contributed by atoms with E-state index in [1.807, 2.05) is 7.05 Å². The summed E-state index contributed by atoms with van der Waals surface area (Å²) in [6.07, 6.45) is 3.88. The summed E-state index contributed by atoms with van der Waals surface area (Å²) >= 11 is 0. The van der Waals surface area contributed by atoms with E-state index in [2.05, 4.69) is 30.4 Å². The largest absolute Gasteiger partial charge is 0.319 e. The van der Waals surface area contributed by atoms with E-state index >= 15 is 0 Å². The number of benzene rings is 1. The van der Waals surface area contributed by atoms with Gasteiger partial charge in [0.15, 0.2) is 0 Å². The molecule has 1 aliphatic rings. The number of rotatable bonds is 2. The standard InChI is InChI=1S/C13H19N/c1-10-4-3-5-12-8-11(9-14-2)6-7-13(10)12/h3-5,11,14H,6-9H2,1-2H3. The topological polar surface area (TPSA) is 12.0 Å². The third-order valence-electron chi connectivity index (χ3n) is 3.31. The van der Waals surface area contributed by atoms with Crippen molar-refractivity contribution in [2.75, 3.05) is 13.6 Å². The van der Waals surface area contributed by atoms with Gasteiger partial charge in [0.05, 0.1) is 0 Å². The fourth-order valence-corrected chi connectivity index (χ4v) is 2.54. The molecule has 0 aromatic heterocycles. The van der Waals surface area contributed by atoms with Crippen LogP contribution in [-0.2, 0) is 12.8 Å². The maximum atomic E-state index is 3.28. The Morgan fingerprint density at radius 3 is 3.07 bits per heavy atom. The minimum Gasteiger partial charge on any atom is -0.319 e. The second-order valence-electron chi connectivity index (χ2n) is 4.38. The molecule has 1 N–H and O–H groups in total. The van der Waals surface area contributed by atoms with Crippen LogP contribution in [0, 0.1) is 12.8 Å². The van der Waals surface area contributed by atoms with E-state index < -0.39 is 0 Å². The lowest BCUT2D eigenvalue weighted by molar-refractivity contribution is 0.439. The first kappa shape index (κ1) is 9.72. The predicted molar refractivity (Wildman–Crippen MR) is 60.6 cm³/mol. The van der Waals surface area contributed by atoms with Crippen molar-refractivity contribution in [1.82, 2.24) is 5.32 Å². The van der Waals surface area contributed by atoms with Crippen LogP contribution in [0.25, 0.3) is 0 Å². The van der Waals surface area contributed by atoms with Gasteiger partial charge in [-0.05, 0) is 62.4 Å². The molecule has 0 amide bonds. The summed E-state index contributed by atoms with van der Waals surface area (Å²) in [5.74, 6) is 0.842. The van der Waals surface area contributed by atoms with Gasteiger partial charge in [0.2, 0.25) is 0 Å². The van der Waals surface area contributed by atoms with Gasteiger partial charge in [-0.15, -0.1) is 0 Å². The molecule has 0 saturated heterocycles. The third-order valence-corrected chi connectivity index (χ3v) is 3.31. The highest BCUT2D eigenvalue weighted by molar-refractivity contribution is 5.36. The quantitative estimate of drug-likeness (QED) is 0.753. The van der Waals surface area contributed by atoms with Gasteiger partial charge in [0.1, 0.15) is 0 Å². The molecule has 0 fully saturated rings. The van der Waals surface area contributed by atoms with Crippen molar-refractivity contribution < 1.29 is 0 Å². The molecule has 76 valence electrons. The molecule has 1 nitrogen and oxygen atoms in total. The van der Waals surface area contributed by atoms with Gasteiger partial charge in [0, 0.05) is 0 Å². The smallest absolute Gasteiger partial charge is 0.00202 e. The van der Waals surface area contributed by atoms with Crippen molar-refractivity contribution >= 4 is 0 Å². The fraction of sp³-hybridized carbons (Fsp3) is 0.538. The zero-order valence-electron chi connectivity index (χ0n) is 9.14. The normalized spacial score (nSPS) is 20.6. The summed E-state index contributed by atoms with van der Waals surface area (Å²) in [7, 11) is 2.05. The number of fused-ring (bicyclic) bond motifs is 1.